The summed E-state index contributed by atoms with van der Waals surface area (Å²) in [6.07, 6.45) is 6.89. The minimum Gasteiger partial charge on any atom is -0.349 e. The minimum atomic E-state index is 0.0836. The van der Waals surface area contributed by atoms with Crippen LogP contribution in [0.5, 0.6) is 0 Å². The van der Waals surface area contributed by atoms with E-state index in [1.165, 1.54) is 53.5 Å². The molecular formula is C26H34N2O. The lowest BCUT2D eigenvalue weighted by atomic mass is 9.89. The Bertz CT molecular complexity index is 834. The largest absolute Gasteiger partial charge is 0.349 e. The number of rotatable bonds is 5. The fraction of sp³-hybridized carbons (Fsp3) is 0.500. The SMILES string of the molecule is Cc1ccc(CN2CCC(C(=O)NC(C)c3ccc4c(c3)CCCC4)CC2)cc1. The Balaban J connectivity index is 1.27. The topological polar surface area (TPSA) is 32.3 Å². The summed E-state index contributed by atoms with van der Waals surface area (Å²) in [5.74, 6) is 0.370. The maximum absolute atomic E-state index is 12.8. The van der Waals surface area contributed by atoms with Crippen LogP contribution in [0.25, 0.3) is 0 Å². The summed E-state index contributed by atoms with van der Waals surface area (Å²) < 4.78 is 0. The van der Waals surface area contributed by atoms with Crippen molar-refractivity contribution in [1.82, 2.24) is 10.2 Å². The van der Waals surface area contributed by atoms with E-state index in [0.717, 1.165) is 32.5 Å². The first-order valence-corrected chi connectivity index (χ1v) is 11.3. The van der Waals surface area contributed by atoms with Gasteiger partial charge in [-0.1, -0.05) is 48.0 Å². The zero-order valence-electron chi connectivity index (χ0n) is 17.9. The molecular weight excluding hydrogens is 356 g/mol. The van der Waals surface area contributed by atoms with Gasteiger partial charge in [-0.25, -0.2) is 0 Å². The first-order valence-electron chi connectivity index (χ1n) is 11.3. The standard InChI is InChI=1S/C26H34N2O/c1-19-7-9-21(10-8-19)18-28-15-13-23(14-16-28)26(29)27-20(2)24-12-11-22-5-3-4-6-25(22)17-24/h7-12,17,20,23H,3-6,13-16,18H2,1-2H3,(H,27,29). The molecule has 1 N–H and O–H groups in total. The van der Waals surface area contributed by atoms with E-state index in [4.69, 9.17) is 0 Å². The zero-order valence-corrected chi connectivity index (χ0v) is 17.9. The van der Waals surface area contributed by atoms with Gasteiger partial charge in [0.1, 0.15) is 0 Å². The molecule has 2 aromatic carbocycles. The number of piperidine rings is 1. The zero-order chi connectivity index (χ0) is 20.2. The van der Waals surface area contributed by atoms with Crippen LogP contribution in [-0.2, 0) is 24.2 Å². The average molecular weight is 391 g/mol. The van der Waals surface area contributed by atoms with Crippen molar-refractivity contribution in [2.24, 2.45) is 5.92 Å². The quantitative estimate of drug-likeness (QED) is 0.782. The Morgan fingerprint density at radius 1 is 1.03 bits per heavy atom. The van der Waals surface area contributed by atoms with Gasteiger partial charge in [0, 0.05) is 12.5 Å². The Kier molecular flexibility index (Phi) is 6.34. The number of hydrogen-bond donors (Lipinski definition) is 1. The van der Waals surface area contributed by atoms with Crippen molar-refractivity contribution in [3.63, 3.8) is 0 Å². The molecule has 4 rings (SSSR count). The van der Waals surface area contributed by atoms with Crippen molar-refractivity contribution in [2.45, 2.75) is 65.0 Å². The second kappa shape index (κ2) is 9.13. The first-order chi connectivity index (χ1) is 14.1. The second-order valence-electron chi connectivity index (χ2n) is 9.00. The van der Waals surface area contributed by atoms with E-state index in [0.29, 0.717) is 0 Å². The van der Waals surface area contributed by atoms with E-state index in [2.05, 4.69) is 66.5 Å². The van der Waals surface area contributed by atoms with Crippen LogP contribution in [0.3, 0.4) is 0 Å². The third-order valence-corrected chi connectivity index (χ3v) is 6.72. The molecule has 3 heteroatoms. The van der Waals surface area contributed by atoms with Gasteiger partial charge in [-0.15, -0.1) is 0 Å². The predicted octanol–water partition coefficient (Wildman–Crippen LogP) is 4.96. The van der Waals surface area contributed by atoms with Gasteiger partial charge in [0.2, 0.25) is 5.91 Å². The molecule has 1 aliphatic heterocycles. The molecule has 0 aromatic heterocycles. The van der Waals surface area contributed by atoms with Crippen LogP contribution in [0, 0.1) is 12.8 Å². The second-order valence-corrected chi connectivity index (χ2v) is 9.00. The molecule has 154 valence electrons. The van der Waals surface area contributed by atoms with Crippen LogP contribution in [0.2, 0.25) is 0 Å². The third kappa shape index (κ3) is 5.08. The molecule has 1 aliphatic carbocycles. The van der Waals surface area contributed by atoms with E-state index in [9.17, 15) is 4.79 Å². The van der Waals surface area contributed by atoms with E-state index >= 15 is 0 Å². The normalized spacial score (nSPS) is 18.8. The maximum Gasteiger partial charge on any atom is 0.223 e. The fourth-order valence-electron chi connectivity index (χ4n) is 4.74. The molecule has 1 atom stereocenters. The predicted molar refractivity (Wildman–Crippen MR) is 119 cm³/mol. The number of nitrogens with zero attached hydrogens (tertiary/aromatic N) is 1. The molecule has 1 amide bonds. The number of carbonyl (C=O) groups excluding carboxylic acids is 1. The van der Waals surface area contributed by atoms with Crippen molar-refractivity contribution in [3.05, 3.63) is 70.3 Å². The smallest absolute Gasteiger partial charge is 0.223 e. The summed E-state index contributed by atoms with van der Waals surface area (Å²) in [6.45, 7) is 7.23. The van der Waals surface area contributed by atoms with Gasteiger partial charge in [0.05, 0.1) is 6.04 Å². The molecule has 1 unspecified atom stereocenters. The summed E-state index contributed by atoms with van der Waals surface area (Å²) >= 11 is 0. The van der Waals surface area contributed by atoms with E-state index in [1.54, 1.807) is 0 Å². The Hall–Kier alpha value is -2.13. The van der Waals surface area contributed by atoms with Crippen molar-refractivity contribution in [1.29, 1.82) is 0 Å². The highest BCUT2D eigenvalue weighted by molar-refractivity contribution is 5.79. The lowest BCUT2D eigenvalue weighted by molar-refractivity contribution is -0.127. The maximum atomic E-state index is 12.8. The average Bonchev–Trinajstić information content (AvgIpc) is 2.75. The molecule has 2 aromatic rings. The van der Waals surface area contributed by atoms with E-state index in [1.807, 2.05) is 0 Å². The van der Waals surface area contributed by atoms with Crippen LogP contribution >= 0.6 is 0 Å². The van der Waals surface area contributed by atoms with Crippen molar-refractivity contribution >= 4 is 5.91 Å². The first kappa shape index (κ1) is 20.2. The Morgan fingerprint density at radius 2 is 1.72 bits per heavy atom. The van der Waals surface area contributed by atoms with Gasteiger partial charge in [0.15, 0.2) is 0 Å². The van der Waals surface area contributed by atoms with Gasteiger partial charge in [-0.2, -0.15) is 0 Å². The molecule has 2 aliphatic rings. The summed E-state index contributed by atoms with van der Waals surface area (Å²) in [5, 5.41) is 3.29. The van der Waals surface area contributed by atoms with E-state index in [-0.39, 0.29) is 17.9 Å². The highest BCUT2D eigenvalue weighted by atomic mass is 16.1. The number of amides is 1. The number of aryl methyl sites for hydroxylation is 3. The number of benzene rings is 2. The van der Waals surface area contributed by atoms with Crippen molar-refractivity contribution < 1.29 is 4.79 Å². The highest BCUT2D eigenvalue weighted by Crippen LogP contribution is 2.26. The van der Waals surface area contributed by atoms with Gasteiger partial charge in [0.25, 0.3) is 0 Å². The summed E-state index contributed by atoms with van der Waals surface area (Å²) in [5.41, 5.74) is 6.89. The van der Waals surface area contributed by atoms with Crippen LogP contribution in [-0.4, -0.2) is 23.9 Å². The molecule has 1 fully saturated rings. The molecule has 0 radical (unpaired) electrons. The number of hydrogen-bond acceptors (Lipinski definition) is 2. The van der Waals surface area contributed by atoms with Gasteiger partial charge in [-0.3, -0.25) is 9.69 Å². The number of fused-ring (bicyclic) bond motifs is 1. The van der Waals surface area contributed by atoms with Crippen LogP contribution < -0.4 is 5.32 Å². The molecule has 0 spiro atoms. The summed E-state index contributed by atoms with van der Waals surface area (Å²) in [7, 11) is 0. The lowest BCUT2D eigenvalue weighted by Crippen LogP contribution is -2.40. The molecule has 1 saturated heterocycles. The molecule has 0 bridgehead atoms. The third-order valence-electron chi connectivity index (χ3n) is 6.72. The van der Waals surface area contributed by atoms with E-state index < -0.39 is 0 Å². The van der Waals surface area contributed by atoms with Crippen LogP contribution in [0.15, 0.2) is 42.5 Å². The van der Waals surface area contributed by atoms with Crippen LogP contribution in [0.4, 0.5) is 0 Å². The van der Waals surface area contributed by atoms with Crippen molar-refractivity contribution in [2.75, 3.05) is 13.1 Å². The minimum absolute atomic E-state index is 0.0836. The summed E-state index contributed by atoms with van der Waals surface area (Å²) in [4.78, 5) is 15.3. The molecule has 1 heterocycles. The molecule has 29 heavy (non-hydrogen) atoms. The Morgan fingerprint density at radius 3 is 2.45 bits per heavy atom. The van der Waals surface area contributed by atoms with Gasteiger partial charge in [-0.05, 0) is 87.7 Å². The van der Waals surface area contributed by atoms with Crippen LogP contribution in [0.1, 0.15) is 66.5 Å². The number of nitrogens with one attached hydrogen (secondary N) is 1. The number of carbonyl (C=O) groups is 1. The van der Waals surface area contributed by atoms with Gasteiger partial charge >= 0.3 is 0 Å². The molecule has 0 saturated carbocycles. The van der Waals surface area contributed by atoms with Gasteiger partial charge < -0.3 is 5.32 Å². The lowest BCUT2D eigenvalue weighted by Gasteiger charge is -2.32. The summed E-state index contributed by atoms with van der Waals surface area (Å²) in [6, 6.07) is 15.7. The highest BCUT2D eigenvalue weighted by Gasteiger charge is 2.26. The van der Waals surface area contributed by atoms with Crippen molar-refractivity contribution in [3.8, 4) is 0 Å². The number of likely N-dealkylation sites (tertiary alicyclic amines) is 1. The Labute approximate surface area is 175 Å². The monoisotopic (exact) mass is 390 g/mol. The molecule has 3 nitrogen and oxygen atoms in total. The fourth-order valence-corrected chi connectivity index (χ4v) is 4.74.